The molecule has 2 aliphatic rings. The third kappa shape index (κ3) is 3.53. The van der Waals surface area contributed by atoms with Crippen LogP contribution in [0, 0.1) is 11.8 Å². The number of fused-ring (bicyclic) bond motifs is 2. The van der Waals surface area contributed by atoms with Crippen molar-refractivity contribution in [3.05, 3.63) is 78.1 Å². The quantitative estimate of drug-likeness (QED) is 0.531. The van der Waals surface area contributed by atoms with Gasteiger partial charge >= 0.3 is 0 Å². The summed E-state index contributed by atoms with van der Waals surface area (Å²) in [6.45, 7) is 2.71. The monoisotopic (exact) mass is 438 g/mol. The molecular weight excluding hydrogens is 416 g/mol. The minimum absolute atomic E-state index is 0.0128. The number of carbonyl (C=O) groups excluding carboxylic acids is 2. The van der Waals surface area contributed by atoms with Crippen LogP contribution in [-0.2, 0) is 0 Å². The van der Waals surface area contributed by atoms with Gasteiger partial charge in [-0.25, -0.2) is 0 Å². The molecule has 164 valence electrons. The first-order valence-corrected chi connectivity index (χ1v) is 11.1. The predicted octanol–water partition coefficient (Wildman–Crippen LogP) is 2.86. The number of rotatable bonds is 3. The molecule has 4 aromatic rings. The predicted molar refractivity (Wildman–Crippen MR) is 122 cm³/mol. The van der Waals surface area contributed by atoms with Crippen LogP contribution in [0.25, 0.3) is 22.2 Å². The summed E-state index contributed by atoms with van der Waals surface area (Å²) in [5, 5.41) is 10.7. The van der Waals surface area contributed by atoms with E-state index in [1.165, 1.54) is 0 Å². The maximum atomic E-state index is 13.1. The Morgan fingerprint density at radius 2 is 1.24 bits per heavy atom. The number of hydrogen-bond acceptors (Lipinski definition) is 5. The van der Waals surface area contributed by atoms with Crippen LogP contribution in [-0.4, -0.2) is 68.2 Å². The first kappa shape index (κ1) is 19.6. The summed E-state index contributed by atoms with van der Waals surface area (Å²) < 4.78 is 0. The lowest BCUT2D eigenvalue weighted by Crippen LogP contribution is -2.35. The Labute approximate surface area is 190 Å². The molecule has 1 N–H and O–H groups in total. The second-order valence-corrected chi connectivity index (χ2v) is 8.78. The molecule has 8 heteroatoms. The van der Waals surface area contributed by atoms with Crippen LogP contribution < -0.4 is 0 Å². The van der Waals surface area contributed by atoms with Crippen molar-refractivity contribution in [3.63, 3.8) is 0 Å². The highest BCUT2D eigenvalue weighted by Gasteiger charge is 2.43. The van der Waals surface area contributed by atoms with Crippen LogP contribution >= 0.6 is 0 Å². The molecule has 8 nitrogen and oxygen atoms in total. The lowest BCUT2D eigenvalue weighted by molar-refractivity contribution is 0.0738. The fraction of sp³-hybridized carbons (Fsp3) is 0.240. The van der Waals surface area contributed by atoms with Gasteiger partial charge in [0.05, 0.1) is 0 Å². The summed E-state index contributed by atoms with van der Waals surface area (Å²) in [5.41, 5.74) is 4.89. The van der Waals surface area contributed by atoms with Crippen molar-refractivity contribution in [3.8, 4) is 11.1 Å². The van der Waals surface area contributed by atoms with E-state index in [0.29, 0.717) is 54.7 Å². The van der Waals surface area contributed by atoms with Crippen LogP contribution in [0.1, 0.15) is 20.7 Å². The lowest BCUT2D eigenvalue weighted by atomic mass is 10.0. The van der Waals surface area contributed by atoms with E-state index >= 15 is 0 Å². The molecular formula is C25H22N6O2. The van der Waals surface area contributed by atoms with E-state index in [1.54, 1.807) is 24.5 Å². The standard InChI is InChI=1S/C25H22N6O2/c32-24(18-3-1-16(2-4-18)17-7-9-26-10-8-17)30-12-20-14-31(15-21(20)13-30)25(33)19-5-6-22-23(11-19)28-29-27-22/h1-11,20-21H,12-15H2,(H,27,28,29)/t20-,21-/m1/s1. The third-order valence-corrected chi connectivity index (χ3v) is 6.77. The number of carbonyl (C=O) groups is 2. The van der Waals surface area contributed by atoms with Crippen LogP contribution in [0.4, 0.5) is 0 Å². The molecule has 2 amide bonds. The second-order valence-electron chi connectivity index (χ2n) is 8.78. The Bertz CT molecular complexity index is 1320. The molecule has 33 heavy (non-hydrogen) atoms. The highest BCUT2D eigenvalue weighted by atomic mass is 16.2. The molecule has 2 aromatic carbocycles. The summed E-state index contributed by atoms with van der Waals surface area (Å²) in [5.74, 6) is 0.688. The Morgan fingerprint density at radius 1 is 0.697 bits per heavy atom. The van der Waals surface area contributed by atoms with Gasteiger partial charge in [0.15, 0.2) is 0 Å². The smallest absolute Gasteiger partial charge is 0.253 e. The van der Waals surface area contributed by atoms with Crippen molar-refractivity contribution < 1.29 is 9.59 Å². The zero-order valence-electron chi connectivity index (χ0n) is 17.9. The molecule has 0 aliphatic carbocycles. The number of aromatic nitrogens is 4. The average molecular weight is 438 g/mol. The van der Waals surface area contributed by atoms with Crippen LogP contribution in [0.3, 0.4) is 0 Å². The normalized spacial score (nSPS) is 19.8. The number of benzene rings is 2. The van der Waals surface area contributed by atoms with Gasteiger partial charge < -0.3 is 9.80 Å². The first-order chi connectivity index (χ1) is 16.2. The molecule has 2 saturated heterocycles. The molecule has 2 atom stereocenters. The molecule has 0 unspecified atom stereocenters. The number of pyridine rings is 1. The molecule has 0 saturated carbocycles. The summed E-state index contributed by atoms with van der Waals surface area (Å²) in [6, 6.07) is 17.0. The summed E-state index contributed by atoms with van der Waals surface area (Å²) in [7, 11) is 0. The maximum Gasteiger partial charge on any atom is 0.253 e. The van der Waals surface area contributed by atoms with Gasteiger partial charge in [0.25, 0.3) is 11.8 Å². The Morgan fingerprint density at radius 3 is 1.91 bits per heavy atom. The molecule has 0 bridgehead atoms. The number of nitrogens with one attached hydrogen (secondary N) is 1. The number of H-pyrrole nitrogens is 1. The van der Waals surface area contributed by atoms with Crippen LogP contribution in [0.2, 0.25) is 0 Å². The van der Waals surface area contributed by atoms with E-state index in [1.807, 2.05) is 52.3 Å². The summed E-state index contributed by atoms with van der Waals surface area (Å²) in [4.78, 5) is 34.0. The Balaban J connectivity index is 1.10. The SMILES string of the molecule is O=C(c1ccc(-c2ccncc2)cc1)N1C[C@@H]2CN(C(=O)c3ccc4n[nH]nc4c3)C[C@H]2C1. The minimum Gasteiger partial charge on any atom is -0.338 e. The summed E-state index contributed by atoms with van der Waals surface area (Å²) in [6.07, 6.45) is 3.52. The first-order valence-electron chi connectivity index (χ1n) is 11.1. The highest BCUT2D eigenvalue weighted by molar-refractivity contribution is 5.97. The zero-order chi connectivity index (χ0) is 22.4. The van der Waals surface area contributed by atoms with Crippen molar-refractivity contribution in [1.29, 1.82) is 0 Å². The van der Waals surface area contributed by atoms with Gasteiger partial charge in [-0.3, -0.25) is 14.6 Å². The third-order valence-electron chi connectivity index (χ3n) is 6.77. The highest BCUT2D eigenvalue weighted by Crippen LogP contribution is 2.33. The van der Waals surface area contributed by atoms with E-state index in [2.05, 4.69) is 20.4 Å². The van der Waals surface area contributed by atoms with E-state index in [9.17, 15) is 9.59 Å². The molecule has 2 aliphatic heterocycles. The van der Waals surface area contributed by atoms with Crippen molar-refractivity contribution in [2.45, 2.75) is 0 Å². The number of nitrogens with zero attached hydrogens (tertiary/aromatic N) is 5. The minimum atomic E-state index is 0.0128. The summed E-state index contributed by atoms with van der Waals surface area (Å²) >= 11 is 0. The molecule has 0 spiro atoms. The van der Waals surface area contributed by atoms with Gasteiger partial charge in [0, 0.05) is 61.5 Å². The van der Waals surface area contributed by atoms with Crippen LogP contribution in [0.15, 0.2) is 67.0 Å². The number of hydrogen-bond donors (Lipinski definition) is 1. The molecule has 2 fully saturated rings. The van der Waals surface area contributed by atoms with Gasteiger partial charge in [-0.1, -0.05) is 12.1 Å². The van der Waals surface area contributed by atoms with E-state index < -0.39 is 0 Å². The zero-order valence-corrected chi connectivity index (χ0v) is 17.9. The number of likely N-dealkylation sites (tertiary alicyclic amines) is 2. The van der Waals surface area contributed by atoms with Gasteiger partial charge in [-0.15, -0.1) is 0 Å². The molecule has 0 radical (unpaired) electrons. The van der Waals surface area contributed by atoms with Gasteiger partial charge in [0.1, 0.15) is 11.0 Å². The maximum absolute atomic E-state index is 13.1. The largest absolute Gasteiger partial charge is 0.338 e. The van der Waals surface area contributed by atoms with Gasteiger partial charge in [-0.2, -0.15) is 15.4 Å². The Kier molecular flexibility index (Phi) is 4.64. The fourth-order valence-corrected chi connectivity index (χ4v) is 5.01. The van der Waals surface area contributed by atoms with Gasteiger partial charge in [0.2, 0.25) is 0 Å². The van der Waals surface area contributed by atoms with E-state index in [-0.39, 0.29) is 11.8 Å². The topological polar surface area (TPSA) is 95.1 Å². The average Bonchev–Trinajstić information content (AvgIpc) is 3.58. The molecule has 2 aromatic heterocycles. The van der Waals surface area contributed by atoms with Crippen LogP contribution in [0.5, 0.6) is 0 Å². The molecule has 6 rings (SSSR count). The lowest BCUT2D eigenvalue weighted by Gasteiger charge is -2.22. The van der Waals surface area contributed by atoms with E-state index in [0.717, 1.165) is 16.6 Å². The molecule has 4 heterocycles. The van der Waals surface area contributed by atoms with Gasteiger partial charge in [-0.05, 0) is 53.6 Å². The van der Waals surface area contributed by atoms with Crippen molar-refractivity contribution in [2.75, 3.05) is 26.2 Å². The Hall–Kier alpha value is -4.07. The van der Waals surface area contributed by atoms with E-state index in [4.69, 9.17) is 0 Å². The van der Waals surface area contributed by atoms with Crippen molar-refractivity contribution in [2.24, 2.45) is 11.8 Å². The number of aromatic amines is 1. The van der Waals surface area contributed by atoms with Crippen molar-refractivity contribution in [1.82, 2.24) is 30.2 Å². The second kappa shape index (κ2) is 7.81. The van der Waals surface area contributed by atoms with Crippen molar-refractivity contribution >= 4 is 22.8 Å². The fourth-order valence-electron chi connectivity index (χ4n) is 5.01. The number of amides is 2.